The largest absolute Gasteiger partial charge is 0.293 e. The van der Waals surface area contributed by atoms with Gasteiger partial charge in [-0.3, -0.25) is 15.1 Å². The molecule has 138 valence electrons. The molecule has 0 fully saturated rings. The number of anilines is 1. The molecule has 0 spiro atoms. The summed E-state index contributed by atoms with van der Waals surface area (Å²) in [4.78, 5) is 20.7. The predicted octanol–water partition coefficient (Wildman–Crippen LogP) is 3.57. The lowest BCUT2D eigenvalue weighted by atomic mass is 10.0. The number of nitrogens with one attached hydrogen (secondary N) is 1. The van der Waals surface area contributed by atoms with Gasteiger partial charge in [0.2, 0.25) is 11.9 Å². The Bertz CT molecular complexity index is 1040. The first kappa shape index (κ1) is 17.6. The number of rotatable bonds is 6. The number of amides is 1. The predicted molar refractivity (Wildman–Crippen MR) is 108 cm³/mol. The van der Waals surface area contributed by atoms with Crippen LogP contribution in [-0.4, -0.2) is 25.7 Å². The molecule has 2 heterocycles. The first-order valence-electron chi connectivity index (χ1n) is 9.00. The number of hydrogen-bond donors (Lipinski definition) is 1. The Labute approximate surface area is 162 Å². The monoisotopic (exact) mass is 369 g/mol. The molecule has 0 aliphatic heterocycles. The number of benzene rings is 2. The molecule has 0 aliphatic rings. The highest BCUT2D eigenvalue weighted by Crippen LogP contribution is 2.19. The second-order valence-electron chi connectivity index (χ2n) is 6.37. The van der Waals surface area contributed by atoms with Crippen molar-refractivity contribution in [2.24, 2.45) is 0 Å². The van der Waals surface area contributed by atoms with Crippen molar-refractivity contribution in [2.45, 2.75) is 13.0 Å². The maximum Gasteiger partial charge on any atom is 0.248 e. The van der Waals surface area contributed by atoms with Crippen LogP contribution < -0.4 is 5.32 Å². The van der Waals surface area contributed by atoms with E-state index in [2.05, 4.69) is 32.5 Å². The fourth-order valence-electron chi connectivity index (χ4n) is 2.89. The average molecular weight is 369 g/mol. The molecule has 4 aromatic rings. The highest BCUT2D eigenvalue weighted by atomic mass is 16.1. The van der Waals surface area contributed by atoms with Crippen LogP contribution in [0.4, 0.5) is 5.95 Å². The number of carbonyl (C=O) groups is 1. The molecule has 0 atom stereocenters. The first-order chi connectivity index (χ1) is 13.8. The summed E-state index contributed by atoms with van der Waals surface area (Å²) >= 11 is 0. The van der Waals surface area contributed by atoms with Gasteiger partial charge >= 0.3 is 0 Å². The normalized spacial score (nSPS) is 10.6. The van der Waals surface area contributed by atoms with Crippen LogP contribution in [0.3, 0.4) is 0 Å². The van der Waals surface area contributed by atoms with Crippen molar-refractivity contribution in [1.82, 2.24) is 19.7 Å². The van der Waals surface area contributed by atoms with Crippen LogP contribution in [0.15, 0.2) is 85.3 Å². The lowest BCUT2D eigenvalue weighted by molar-refractivity contribution is -0.115. The zero-order valence-corrected chi connectivity index (χ0v) is 15.2. The number of nitrogens with zero attached hydrogens (tertiary/aromatic N) is 4. The van der Waals surface area contributed by atoms with Gasteiger partial charge in [0.25, 0.3) is 0 Å². The summed E-state index contributed by atoms with van der Waals surface area (Å²) < 4.78 is 1.65. The second-order valence-corrected chi connectivity index (χ2v) is 6.37. The second kappa shape index (κ2) is 8.26. The van der Waals surface area contributed by atoms with Gasteiger partial charge in [0.1, 0.15) is 6.33 Å². The van der Waals surface area contributed by atoms with Gasteiger partial charge in [0.15, 0.2) is 0 Å². The highest BCUT2D eigenvalue weighted by Gasteiger charge is 2.08. The molecule has 1 amide bonds. The van der Waals surface area contributed by atoms with Crippen LogP contribution in [0.25, 0.3) is 11.1 Å². The quantitative estimate of drug-likeness (QED) is 0.564. The van der Waals surface area contributed by atoms with Crippen LogP contribution in [-0.2, 0) is 17.8 Å². The number of aromatic nitrogens is 4. The van der Waals surface area contributed by atoms with E-state index < -0.39 is 0 Å². The van der Waals surface area contributed by atoms with Crippen molar-refractivity contribution in [3.8, 4) is 11.1 Å². The lowest BCUT2D eigenvalue weighted by Crippen LogP contribution is -2.15. The van der Waals surface area contributed by atoms with E-state index >= 15 is 0 Å². The molecular weight excluding hydrogens is 350 g/mol. The summed E-state index contributed by atoms with van der Waals surface area (Å²) in [5.74, 6) is 0.143. The van der Waals surface area contributed by atoms with Crippen molar-refractivity contribution in [2.75, 3.05) is 5.32 Å². The van der Waals surface area contributed by atoms with Crippen molar-refractivity contribution >= 4 is 11.9 Å². The van der Waals surface area contributed by atoms with E-state index in [1.54, 1.807) is 17.2 Å². The minimum atomic E-state index is -0.150. The third-order valence-corrected chi connectivity index (χ3v) is 4.26. The average Bonchev–Trinajstić information content (AvgIpc) is 3.16. The summed E-state index contributed by atoms with van der Waals surface area (Å²) in [5.41, 5.74) is 4.09. The molecular formula is C22H19N5O. The van der Waals surface area contributed by atoms with Gasteiger partial charge in [-0.15, -0.1) is 5.10 Å². The highest BCUT2D eigenvalue weighted by molar-refractivity contribution is 5.90. The van der Waals surface area contributed by atoms with E-state index in [4.69, 9.17) is 0 Å². The topological polar surface area (TPSA) is 72.7 Å². The summed E-state index contributed by atoms with van der Waals surface area (Å²) in [5, 5.41) is 7.02. The smallest absolute Gasteiger partial charge is 0.248 e. The fourth-order valence-corrected chi connectivity index (χ4v) is 2.89. The zero-order chi connectivity index (χ0) is 19.2. The first-order valence-corrected chi connectivity index (χ1v) is 9.00. The molecule has 0 radical (unpaired) electrons. The van der Waals surface area contributed by atoms with Crippen molar-refractivity contribution < 1.29 is 4.79 Å². The molecule has 2 aromatic carbocycles. The Balaban J connectivity index is 1.34. The van der Waals surface area contributed by atoms with Gasteiger partial charge in [-0.05, 0) is 28.8 Å². The van der Waals surface area contributed by atoms with Gasteiger partial charge < -0.3 is 0 Å². The molecule has 1 N–H and O–H groups in total. The van der Waals surface area contributed by atoms with E-state index in [1.807, 2.05) is 60.7 Å². The minimum Gasteiger partial charge on any atom is -0.293 e. The fraction of sp³-hybridized carbons (Fsp3) is 0.0909. The molecule has 6 nitrogen and oxygen atoms in total. The summed E-state index contributed by atoms with van der Waals surface area (Å²) in [6.45, 7) is 0.505. The van der Waals surface area contributed by atoms with Crippen LogP contribution in [0, 0.1) is 0 Å². The Morgan fingerprint density at radius 3 is 2.36 bits per heavy atom. The lowest BCUT2D eigenvalue weighted by Gasteiger charge is -2.05. The van der Waals surface area contributed by atoms with Crippen molar-refractivity contribution in [3.05, 3.63) is 96.6 Å². The molecule has 0 unspecified atom stereocenters. The van der Waals surface area contributed by atoms with E-state index in [0.717, 1.165) is 22.4 Å². The number of carbonyl (C=O) groups excluding carboxylic acids is 1. The van der Waals surface area contributed by atoms with Crippen molar-refractivity contribution in [1.29, 1.82) is 0 Å². The van der Waals surface area contributed by atoms with Gasteiger partial charge in [0.05, 0.1) is 18.7 Å². The molecule has 2 aromatic heterocycles. The standard InChI is InChI=1S/C22H19N5O/c28-21(14-17-9-11-19(12-10-17)18-6-2-1-3-7-18)25-22-24-16-27(26-22)15-20-8-4-5-13-23-20/h1-13,16H,14-15H2,(H,25,26,28). The maximum atomic E-state index is 12.3. The van der Waals surface area contributed by atoms with Gasteiger partial charge in [-0.2, -0.15) is 0 Å². The van der Waals surface area contributed by atoms with E-state index in [1.165, 1.54) is 0 Å². The molecule has 6 heteroatoms. The maximum absolute atomic E-state index is 12.3. The molecule has 0 bridgehead atoms. The molecule has 4 rings (SSSR count). The third-order valence-electron chi connectivity index (χ3n) is 4.26. The molecule has 0 saturated carbocycles. The van der Waals surface area contributed by atoms with Gasteiger partial charge in [-0.25, -0.2) is 9.67 Å². The third kappa shape index (κ3) is 4.48. The SMILES string of the molecule is O=C(Cc1ccc(-c2ccccc2)cc1)Nc1ncn(Cc2ccccn2)n1. The molecule has 28 heavy (non-hydrogen) atoms. The van der Waals surface area contributed by atoms with Gasteiger partial charge in [0, 0.05) is 6.20 Å². The van der Waals surface area contributed by atoms with Crippen LogP contribution in [0.5, 0.6) is 0 Å². The van der Waals surface area contributed by atoms with Crippen LogP contribution >= 0.6 is 0 Å². The molecule has 0 aliphatic carbocycles. The Morgan fingerprint density at radius 1 is 0.857 bits per heavy atom. The number of hydrogen-bond acceptors (Lipinski definition) is 4. The van der Waals surface area contributed by atoms with Crippen molar-refractivity contribution in [3.63, 3.8) is 0 Å². The molecule has 0 saturated heterocycles. The van der Waals surface area contributed by atoms with Gasteiger partial charge in [-0.1, -0.05) is 60.7 Å². The Morgan fingerprint density at radius 2 is 1.61 bits per heavy atom. The summed E-state index contributed by atoms with van der Waals surface area (Å²) in [7, 11) is 0. The van der Waals surface area contributed by atoms with E-state index in [9.17, 15) is 4.79 Å². The zero-order valence-electron chi connectivity index (χ0n) is 15.2. The van der Waals surface area contributed by atoms with E-state index in [0.29, 0.717) is 12.5 Å². The Hall–Kier alpha value is -3.80. The minimum absolute atomic E-state index is 0.150. The Kier molecular flexibility index (Phi) is 5.20. The van der Waals surface area contributed by atoms with Crippen LogP contribution in [0.1, 0.15) is 11.3 Å². The van der Waals surface area contributed by atoms with Crippen LogP contribution in [0.2, 0.25) is 0 Å². The number of pyridine rings is 1. The summed E-state index contributed by atoms with van der Waals surface area (Å²) in [6, 6.07) is 23.8. The summed E-state index contributed by atoms with van der Waals surface area (Å²) in [6.07, 6.45) is 3.58. The van der Waals surface area contributed by atoms with E-state index in [-0.39, 0.29) is 12.3 Å².